The number of benzene rings is 2. The fourth-order valence-electron chi connectivity index (χ4n) is 3.57. The van der Waals surface area contributed by atoms with Gasteiger partial charge in [-0.2, -0.15) is 10.4 Å². The van der Waals surface area contributed by atoms with Crippen molar-refractivity contribution in [2.24, 2.45) is 0 Å². The molecule has 0 aliphatic carbocycles. The van der Waals surface area contributed by atoms with Gasteiger partial charge in [-0.25, -0.2) is 9.07 Å². The van der Waals surface area contributed by atoms with Gasteiger partial charge in [-0.1, -0.05) is 23.2 Å². The van der Waals surface area contributed by atoms with Gasteiger partial charge in [-0.15, -0.1) is 0 Å². The maximum atomic E-state index is 13.6. The molecule has 1 N–H and O–H groups in total. The topological polar surface area (TPSA) is 79.0 Å². The quantitative estimate of drug-likeness (QED) is 0.416. The third kappa shape index (κ3) is 3.45. The first kappa shape index (κ1) is 20.4. The molecular weight excluding hydrogens is 454 g/mol. The van der Waals surface area contributed by atoms with E-state index in [0.717, 1.165) is 5.69 Å². The monoisotopic (exact) mass is 468 g/mol. The zero-order chi connectivity index (χ0) is 22.4. The molecule has 0 radical (unpaired) electrons. The van der Waals surface area contributed by atoms with Crippen LogP contribution in [0.3, 0.4) is 0 Å². The van der Waals surface area contributed by atoms with Crippen LogP contribution in [-0.2, 0) is 6.54 Å². The zero-order valence-electron chi connectivity index (χ0n) is 16.7. The number of anilines is 4. The van der Waals surface area contributed by atoms with Gasteiger partial charge in [0.05, 0.1) is 33.4 Å². The molecule has 4 aromatic rings. The van der Waals surface area contributed by atoms with Crippen LogP contribution in [0.4, 0.5) is 27.3 Å². The Hall–Kier alpha value is -3.54. The van der Waals surface area contributed by atoms with Crippen LogP contribution in [0.5, 0.6) is 5.88 Å². The molecule has 3 heterocycles. The molecule has 5 rings (SSSR count). The Labute approximate surface area is 192 Å². The second-order valence-electron chi connectivity index (χ2n) is 7.21. The van der Waals surface area contributed by atoms with E-state index < -0.39 is 5.82 Å². The van der Waals surface area contributed by atoms with Crippen molar-refractivity contribution in [1.82, 2.24) is 14.8 Å². The van der Waals surface area contributed by atoms with E-state index in [-0.39, 0.29) is 5.02 Å². The van der Waals surface area contributed by atoms with Crippen LogP contribution in [0.15, 0.2) is 42.6 Å². The van der Waals surface area contributed by atoms with Gasteiger partial charge in [0, 0.05) is 36.1 Å². The Kier molecular flexibility index (Phi) is 5.00. The van der Waals surface area contributed by atoms with Gasteiger partial charge in [0.2, 0.25) is 5.88 Å². The van der Waals surface area contributed by atoms with Crippen LogP contribution in [0.25, 0.3) is 10.9 Å². The summed E-state index contributed by atoms with van der Waals surface area (Å²) in [7, 11) is 1.87. The highest BCUT2D eigenvalue weighted by Crippen LogP contribution is 2.38. The van der Waals surface area contributed by atoms with E-state index in [4.69, 9.17) is 27.9 Å². The number of nitrogens with zero attached hydrogens (tertiary/aromatic N) is 5. The minimum absolute atomic E-state index is 0.0274. The number of aromatic nitrogens is 3. The number of nitrogens with one attached hydrogen (secondary N) is 1. The second kappa shape index (κ2) is 7.86. The highest BCUT2D eigenvalue weighted by molar-refractivity contribution is 6.36. The van der Waals surface area contributed by atoms with E-state index in [1.807, 2.05) is 24.1 Å². The van der Waals surface area contributed by atoms with E-state index in [1.165, 1.54) is 18.3 Å². The Morgan fingerprint density at radius 3 is 2.81 bits per heavy atom. The lowest BCUT2D eigenvalue weighted by Crippen LogP contribution is -2.11. The molecule has 0 amide bonds. The fourth-order valence-corrected chi connectivity index (χ4v) is 4.02. The van der Waals surface area contributed by atoms with Crippen LogP contribution < -0.4 is 15.0 Å². The minimum atomic E-state index is -0.528. The summed E-state index contributed by atoms with van der Waals surface area (Å²) in [6.07, 6.45) is 1.45. The van der Waals surface area contributed by atoms with Crippen molar-refractivity contribution in [3.05, 3.63) is 64.0 Å². The number of ether oxygens (including phenoxy) is 1. The summed E-state index contributed by atoms with van der Waals surface area (Å²) in [5.41, 5.74) is 2.60. The average molecular weight is 469 g/mol. The standard InChI is InChI=1S/C22H15Cl2FN6O/c1-30(19-9-20-31(29-19)4-5-32-20)14-7-15-21(28-13-2-3-18(25)16(23)6-13)12(10-26)11-27-22(15)17(24)8-14/h2-3,6-9,11H,4-5H2,1H3,(H,27,28). The summed E-state index contributed by atoms with van der Waals surface area (Å²) in [6, 6.07) is 11.9. The summed E-state index contributed by atoms with van der Waals surface area (Å²) >= 11 is 12.5. The van der Waals surface area contributed by atoms with E-state index in [2.05, 4.69) is 21.5 Å². The molecule has 7 nitrogen and oxygen atoms in total. The molecule has 0 saturated heterocycles. The molecule has 32 heavy (non-hydrogen) atoms. The lowest BCUT2D eigenvalue weighted by atomic mass is 10.1. The van der Waals surface area contributed by atoms with Gasteiger partial charge in [-0.3, -0.25) is 4.98 Å². The van der Waals surface area contributed by atoms with Gasteiger partial charge in [0.1, 0.15) is 18.5 Å². The lowest BCUT2D eigenvalue weighted by molar-refractivity contribution is 0.357. The summed E-state index contributed by atoms with van der Waals surface area (Å²) in [6.45, 7) is 1.31. The summed E-state index contributed by atoms with van der Waals surface area (Å²) < 4.78 is 20.9. The normalized spacial score (nSPS) is 12.3. The predicted molar refractivity (Wildman–Crippen MR) is 122 cm³/mol. The van der Waals surface area contributed by atoms with Crippen molar-refractivity contribution in [2.45, 2.75) is 6.54 Å². The highest BCUT2D eigenvalue weighted by Gasteiger charge is 2.20. The number of pyridine rings is 1. The van der Waals surface area contributed by atoms with Crippen LogP contribution in [-0.4, -0.2) is 28.4 Å². The molecule has 0 atom stereocenters. The molecular formula is C22H15Cl2FN6O. The number of hydrogen-bond donors (Lipinski definition) is 1. The molecule has 160 valence electrons. The number of nitriles is 1. The molecule has 0 bridgehead atoms. The first-order valence-electron chi connectivity index (χ1n) is 9.63. The van der Waals surface area contributed by atoms with E-state index in [1.54, 1.807) is 16.8 Å². The number of rotatable bonds is 4. The third-order valence-electron chi connectivity index (χ3n) is 5.23. The summed E-state index contributed by atoms with van der Waals surface area (Å²) in [5, 5.41) is 18.4. The summed E-state index contributed by atoms with van der Waals surface area (Å²) in [4.78, 5) is 6.23. The van der Waals surface area contributed by atoms with E-state index in [0.29, 0.717) is 57.7 Å². The molecule has 0 spiro atoms. The van der Waals surface area contributed by atoms with E-state index in [9.17, 15) is 9.65 Å². The lowest BCUT2D eigenvalue weighted by Gasteiger charge is -2.19. The maximum absolute atomic E-state index is 13.6. The number of halogens is 3. The average Bonchev–Trinajstić information content (AvgIpc) is 3.38. The van der Waals surface area contributed by atoms with Gasteiger partial charge in [0.25, 0.3) is 0 Å². The Morgan fingerprint density at radius 1 is 1.22 bits per heavy atom. The first-order valence-corrected chi connectivity index (χ1v) is 10.4. The molecule has 2 aromatic carbocycles. The predicted octanol–water partition coefficient (Wildman–Crippen LogP) is 5.65. The van der Waals surface area contributed by atoms with Crippen molar-refractivity contribution in [2.75, 3.05) is 23.9 Å². The highest BCUT2D eigenvalue weighted by atomic mass is 35.5. The molecule has 1 aliphatic heterocycles. The molecule has 10 heteroatoms. The van der Waals surface area contributed by atoms with Gasteiger partial charge < -0.3 is 15.0 Å². The molecule has 0 saturated carbocycles. The number of fused-ring (bicyclic) bond motifs is 2. The van der Waals surface area contributed by atoms with Crippen LogP contribution >= 0.6 is 23.2 Å². The Balaban J connectivity index is 1.62. The smallest absolute Gasteiger partial charge is 0.214 e. The largest absolute Gasteiger partial charge is 0.476 e. The second-order valence-corrected chi connectivity index (χ2v) is 8.02. The minimum Gasteiger partial charge on any atom is -0.476 e. The van der Waals surface area contributed by atoms with Crippen molar-refractivity contribution in [3.8, 4) is 11.9 Å². The van der Waals surface area contributed by atoms with Crippen LogP contribution in [0.2, 0.25) is 10.0 Å². The Bertz CT molecular complexity index is 1390. The summed E-state index contributed by atoms with van der Waals surface area (Å²) in [5.74, 6) is 0.877. The SMILES string of the molecule is CN(c1cc(Cl)c2ncc(C#N)c(Nc3ccc(F)c(Cl)c3)c2c1)c1cc2n(n1)CCO2. The zero-order valence-corrected chi connectivity index (χ0v) is 18.2. The van der Waals surface area contributed by atoms with E-state index >= 15 is 0 Å². The van der Waals surface area contributed by atoms with Crippen LogP contribution in [0.1, 0.15) is 5.56 Å². The molecule has 0 unspecified atom stereocenters. The first-order chi connectivity index (χ1) is 15.4. The Morgan fingerprint density at radius 2 is 2.06 bits per heavy atom. The van der Waals surface area contributed by atoms with Gasteiger partial charge in [-0.05, 0) is 30.3 Å². The molecule has 1 aliphatic rings. The fraction of sp³-hybridized carbons (Fsp3) is 0.136. The van der Waals surface area contributed by atoms with Crippen molar-refractivity contribution >= 4 is 57.0 Å². The molecule has 0 fully saturated rings. The van der Waals surface area contributed by atoms with Crippen molar-refractivity contribution in [3.63, 3.8) is 0 Å². The molecule has 2 aromatic heterocycles. The van der Waals surface area contributed by atoms with Gasteiger partial charge >= 0.3 is 0 Å². The number of hydrogen-bond acceptors (Lipinski definition) is 6. The van der Waals surface area contributed by atoms with Crippen LogP contribution in [0, 0.1) is 17.1 Å². The third-order valence-corrected chi connectivity index (χ3v) is 5.81. The maximum Gasteiger partial charge on any atom is 0.214 e. The van der Waals surface area contributed by atoms with Crippen molar-refractivity contribution in [1.29, 1.82) is 5.26 Å². The van der Waals surface area contributed by atoms with Gasteiger partial charge in [0.15, 0.2) is 5.82 Å². The van der Waals surface area contributed by atoms with Crippen molar-refractivity contribution < 1.29 is 9.13 Å².